The van der Waals surface area contributed by atoms with Gasteiger partial charge in [-0.05, 0) is 10.6 Å². The third-order valence-electron chi connectivity index (χ3n) is 5.46. The largest absolute Gasteiger partial charge is 0.0623 e. The maximum absolute atomic E-state index is 9.75. The summed E-state index contributed by atoms with van der Waals surface area (Å²) in [4.78, 5) is 0. The maximum atomic E-state index is 9.75. The van der Waals surface area contributed by atoms with E-state index >= 15 is 0 Å². The first-order chi connectivity index (χ1) is 17.7. The summed E-state index contributed by atoms with van der Waals surface area (Å²) in [5.41, 5.74) is 2.62. The predicted molar refractivity (Wildman–Crippen MR) is 154 cm³/mol. The van der Waals surface area contributed by atoms with Crippen molar-refractivity contribution in [3.8, 4) is 0 Å². The van der Waals surface area contributed by atoms with E-state index in [0.717, 1.165) is 13.1 Å². The summed E-state index contributed by atoms with van der Waals surface area (Å²) < 4.78 is 39.0. The topological polar surface area (TPSA) is 28.2 Å². The fourth-order valence-electron chi connectivity index (χ4n) is 3.69. The molecule has 0 radical (unpaired) electrons. The molecule has 41 heavy (non-hydrogen) atoms. The van der Waals surface area contributed by atoms with Crippen LogP contribution in [0.5, 0.6) is 0 Å². The first kappa shape index (κ1) is 52.0. The van der Waals surface area contributed by atoms with E-state index in [2.05, 4.69) is 76.7 Å². The molecule has 234 valence electrons. The smallest absolute Gasteiger partial charge is 0.0623 e. The normalized spacial score (nSPS) is 15.0. The molecule has 1 fully saturated rings. The van der Waals surface area contributed by atoms with Crippen LogP contribution in [0.2, 0.25) is 0 Å². The zero-order valence-electron chi connectivity index (χ0n) is 21.8. The molecule has 0 saturated heterocycles. The van der Waals surface area contributed by atoms with E-state index in [9.17, 15) is 17.3 Å². The van der Waals surface area contributed by atoms with Crippen molar-refractivity contribution in [3.63, 3.8) is 0 Å². The van der Waals surface area contributed by atoms with Crippen LogP contribution in [-0.4, -0.2) is 19.3 Å². The molecule has 4 unspecified atom stereocenters. The molecule has 2 nitrogen and oxygen atoms in total. The van der Waals surface area contributed by atoms with E-state index in [-0.39, 0.29) is 151 Å². The minimum Gasteiger partial charge on any atom is -0.0623 e. The second kappa shape index (κ2) is 32.7. The maximum Gasteiger partial charge on any atom is -0.0623 e. The Morgan fingerprint density at radius 2 is 0.878 bits per heavy atom. The summed E-state index contributed by atoms with van der Waals surface area (Å²) in [6.07, 6.45) is 4.91. The van der Waals surface area contributed by atoms with Crippen molar-refractivity contribution in [1.82, 2.24) is 0 Å². The Kier molecular flexibility index (Phi) is 41.5. The predicted octanol–water partition coefficient (Wildman–Crippen LogP) is 8.12. The van der Waals surface area contributed by atoms with E-state index in [1.165, 1.54) is 47.4 Å². The van der Waals surface area contributed by atoms with Crippen molar-refractivity contribution in [2.75, 3.05) is 0 Å². The van der Waals surface area contributed by atoms with Crippen LogP contribution in [-0.2, 0) is 30.4 Å². The molecule has 15 heteroatoms. The molecule has 0 heterocycles. The summed E-state index contributed by atoms with van der Waals surface area (Å²) in [7, 11) is 4.20. The molecule has 3 aromatic carbocycles. The molecule has 1 saturated carbocycles. The van der Waals surface area contributed by atoms with Crippen LogP contribution < -0.4 is 10.6 Å². The summed E-state index contributed by atoms with van der Waals surface area (Å²) in [5.74, 6) is 0. The molecule has 0 bridgehead atoms. The monoisotopic (exact) mass is 818 g/mol. The average molecular weight is 818 g/mol. The minimum atomic E-state index is -6.00. The fraction of sp³-hybridized carbons (Fsp3) is 0.308. The number of hydrogen-bond acceptors (Lipinski definition) is 0. The Bertz CT molecular complexity index is 919. The first-order valence-corrected chi connectivity index (χ1v) is 15.1. The molecule has 4 atom stereocenters. The van der Waals surface area contributed by atoms with Gasteiger partial charge in [0.2, 0.25) is 0 Å². The van der Waals surface area contributed by atoms with Crippen molar-refractivity contribution >= 4 is 46.0 Å². The van der Waals surface area contributed by atoms with Crippen LogP contribution in [0.4, 0.5) is 17.3 Å². The Morgan fingerprint density at radius 1 is 0.610 bits per heavy atom. The third-order valence-corrected chi connectivity index (χ3v) is 6.59. The van der Waals surface area contributed by atoms with E-state index in [1.54, 1.807) is 0 Å². The summed E-state index contributed by atoms with van der Waals surface area (Å²) >= 11 is 1.82. The molecule has 0 amide bonds. The standard InChI is InChI=1S/C20H26N2P2.C6H6.4Ar.BF4.ClH.Ru/c23-19-11-5-1-7-15(19)13-21-17-9-3-4-10-18(17)22-14-16-8-2-6-12-20(16)24;1-2-4-6-5-3-1;;;;;2-1(3,4)5;;/h1-2,5-8,11-12,17-18H,3-4,9-10,13-14,23-24H2;1-6H;;;;;;1H;/q-2;;;;;;-1;;+4/p-1. The quantitative estimate of drug-likeness (QED) is 0.137. The number of halogens is 5. The Balaban J connectivity index is -0.000000340. The summed E-state index contributed by atoms with van der Waals surface area (Å²) in [5, 5.41) is 12.5. The Labute approximate surface area is 381 Å². The van der Waals surface area contributed by atoms with Gasteiger partial charge in [-0.3, -0.25) is 0 Å². The van der Waals surface area contributed by atoms with E-state index < -0.39 is 7.25 Å². The molecule has 3 aromatic rings. The zero-order valence-corrected chi connectivity index (χ0v) is 29.4. The molecule has 0 N–H and O–H groups in total. The fourth-order valence-corrected chi connectivity index (χ4v) is 4.29. The molecule has 4 rings (SSSR count). The van der Waals surface area contributed by atoms with E-state index in [4.69, 9.17) is 10.6 Å². The number of hydrogen-bond donors (Lipinski definition) is 0. The zero-order chi connectivity index (χ0) is 27.5. The van der Waals surface area contributed by atoms with Gasteiger partial charge < -0.3 is 27.9 Å². The van der Waals surface area contributed by atoms with Crippen LogP contribution in [0.25, 0.3) is 10.6 Å². The Morgan fingerprint density at radius 3 is 1.15 bits per heavy atom. The first-order valence-electron chi connectivity index (χ1n) is 11.7. The van der Waals surface area contributed by atoms with Crippen LogP contribution in [0.1, 0.15) is 36.8 Å². The number of benzene rings is 3. The third kappa shape index (κ3) is 27.8. The molecule has 0 aromatic heterocycles. The number of rotatable bonds is 6. The van der Waals surface area contributed by atoms with Gasteiger partial charge in [0.05, 0.1) is 0 Å². The molecular weight excluding hydrogens is 785 g/mol. The van der Waals surface area contributed by atoms with Crippen molar-refractivity contribution in [3.05, 3.63) is 107 Å². The van der Waals surface area contributed by atoms with Crippen molar-refractivity contribution in [2.24, 2.45) is 0 Å². The minimum absolute atomic E-state index is 0. The second-order valence-corrected chi connectivity index (χ2v) is 9.39. The number of nitrogens with zero attached hydrogens (tertiary/aromatic N) is 2. The molecule has 1 aliphatic carbocycles. The van der Waals surface area contributed by atoms with E-state index in [1.807, 2.05) is 53.7 Å². The van der Waals surface area contributed by atoms with Gasteiger partial charge in [0, 0.05) is 151 Å². The molecule has 1 aliphatic rings. The van der Waals surface area contributed by atoms with Crippen LogP contribution in [0.3, 0.4) is 0 Å². The van der Waals surface area contributed by atoms with Gasteiger partial charge in [-0.1, -0.05) is 122 Å². The van der Waals surface area contributed by atoms with Crippen molar-refractivity contribution < 1.29 is 186 Å². The van der Waals surface area contributed by atoms with Crippen LogP contribution >= 0.6 is 28.2 Å². The molecule has 0 spiro atoms. The van der Waals surface area contributed by atoms with Gasteiger partial charge in [-0.15, -0.1) is 31.6 Å². The molecular formula is C26H32Ar4BClF4N2P2Ru. The van der Waals surface area contributed by atoms with Gasteiger partial charge in [-0.25, -0.2) is 0 Å². The second-order valence-electron chi connectivity index (χ2n) is 8.15. The van der Waals surface area contributed by atoms with Gasteiger partial charge in [0.1, 0.15) is 0 Å². The average Bonchev–Trinajstić information content (AvgIpc) is 2.90. The van der Waals surface area contributed by atoms with Gasteiger partial charge in [-0.2, -0.15) is 12.1 Å². The van der Waals surface area contributed by atoms with Gasteiger partial charge in [0.25, 0.3) is 0 Å². The van der Waals surface area contributed by atoms with Gasteiger partial charge >= 0.3 is 34.3 Å². The van der Waals surface area contributed by atoms with Crippen LogP contribution in [0, 0.1) is 151 Å². The van der Waals surface area contributed by atoms with E-state index in [0.29, 0.717) is 12.1 Å². The summed E-state index contributed by atoms with van der Waals surface area (Å²) in [6.45, 7) is 1.60. The van der Waals surface area contributed by atoms with Crippen LogP contribution in [0.15, 0.2) is 84.9 Å². The SMILES string of the molecule is F[B-](F)(F)F.Pc1ccccc1C[N-]C1CCCCC1[N-]Cc1ccccc1P.[Ar].[Ar].[Ar].[Ar].[Cl][Ru+3].c1ccccc1. The van der Waals surface area contributed by atoms with Gasteiger partial charge in [0.15, 0.2) is 0 Å². The summed E-state index contributed by atoms with van der Waals surface area (Å²) in [6, 6.07) is 29.7. The van der Waals surface area contributed by atoms with Crippen molar-refractivity contribution in [2.45, 2.75) is 50.9 Å². The Hall–Kier alpha value is 4.18. The van der Waals surface area contributed by atoms with Crippen molar-refractivity contribution in [1.29, 1.82) is 0 Å². The molecule has 0 aliphatic heterocycles.